The Morgan fingerprint density at radius 1 is 1.17 bits per heavy atom. The minimum atomic E-state index is -0.183. The normalized spacial score (nSPS) is 21.9. The third-order valence-electron chi connectivity index (χ3n) is 4.70. The first kappa shape index (κ1) is 17.0. The molecule has 1 aromatic rings. The van der Waals surface area contributed by atoms with Gasteiger partial charge in [0.05, 0.1) is 5.57 Å². The minimum Gasteiger partial charge on any atom is -0.366 e. The number of carbonyl (C=O) groups is 2. The Morgan fingerprint density at radius 3 is 2.50 bits per heavy atom. The van der Waals surface area contributed by atoms with Gasteiger partial charge in [-0.2, -0.15) is 0 Å². The molecule has 0 aliphatic carbocycles. The maximum absolute atomic E-state index is 12.9. The SMILES string of the molecule is CCCN1C(=O)C(c2ccc(Cl)cc2)=C(N2CCCC(C)C2)C1=O. The van der Waals surface area contributed by atoms with Crippen LogP contribution in [0, 0.1) is 5.92 Å². The summed E-state index contributed by atoms with van der Waals surface area (Å²) in [6, 6.07) is 7.18. The van der Waals surface area contributed by atoms with Crippen LogP contribution in [-0.2, 0) is 9.59 Å². The second kappa shape index (κ2) is 6.98. The first-order valence-corrected chi connectivity index (χ1v) is 9.02. The van der Waals surface area contributed by atoms with E-state index in [0.29, 0.717) is 28.8 Å². The highest BCUT2D eigenvalue weighted by atomic mass is 35.5. The number of likely N-dealkylation sites (tertiary alicyclic amines) is 1. The summed E-state index contributed by atoms with van der Waals surface area (Å²) in [6.45, 7) is 6.28. The summed E-state index contributed by atoms with van der Waals surface area (Å²) in [5.74, 6) is 0.194. The molecule has 1 aromatic carbocycles. The Kier molecular flexibility index (Phi) is 4.95. The molecule has 1 fully saturated rings. The molecule has 0 spiro atoms. The monoisotopic (exact) mass is 346 g/mol. The fourth-order valence-corrected chi connectivity index (χ4v) is 3.68. The van der Waals surface area contributed by atoms with Crippen LogP contribution in [0.15, 0.2) is 30.0 Å². The van der Waals surface area contributed by atoms with Crippen LogP contribution in [0.3, 0.4) is 0 Å². The molecular weight excluding hydrogens is 324 g/mol. The van der Waals surface area contributed by atoms with E-state index in [0.717, 1.165) is 31.5 Å². The molecule has 2 aliphatic heterocycles. The number of benzene rings is 1. The van der Waals surface area contributed by atoms with Gasteiger partial charge in [0.1, 0.15) is 5.70 Å². The van der Waals surface area contributed by atoms with Crippen molar-refractivity contribution < 1.29 is 9.59 Å². The summed E-state index contributed by atoms with van der Waals surface area (Å²) >= 11 is 5.98. The third-order valence-corrected chi connectivity index (χ3v) is 4.95. The highest BCUT2D eigenvalue weighted by Gasteiger charge is 2.41. The van der Waals surface area contributed by atoms with Gasteiger partial charge in [-0.05, 0) is 42.9 Å². The van der Waals surface area contributed by atoms with E-state index in [1.54, 1.807) is 12.1 Å². The van der Waals surface area contributed by atoms with Gasteiger partial charge in [0.25, 0.3) is 11.8 Å². The van der Waals surface area contributed by atoms with Gasteiger partial charge in [0.2, 0.25) is 0 Å². The molecule has 128 valence electrons. The van der Waals surface area contributed by atoms with Crippen molar-refractivity contribution in [3.63, 3.8) is 0 Å². The zero-order valence-corrected chi connectivity index (χ0v) is 15.0. The van der Waals surface area contributed by atoms with Crippen molar-refractivity contribution in [2.75, 3.05) is 19.6 Å². The summed E-state index contributed by atoms with van der Waals surface area (Å²) < 4.78 is 0. The Morgan fingerprint density at radius 2 is 1.88 bits per heavy atom. The molecule has 0 N–H and O–H groups in total. The minimum absolute atomic E-state index is 0.152. The number of carbonyl (C=O) groups excluding carboxylic acids is 2. The van der Waals surface area contributed by atoms with Gasteiger partial charge in [-0.1, -0.05) is 37.6 Å². The highest BCUT2D eigenvalue weighted by Crippen LogP contribution is 2.34. The summed E-state index contributed by atoms with van der Waals surface area (Å²) in [7, 11) is 0. The smallest absolute Gasteiger partial charge is 0.277 e. The summed E-state index contributed by atoms with van der Waals surface area (Å²) in [4.78, 5) is 29.3. The van der Waals surface area contributed by atoms with Gasteiger partial charge in [0, 0.05) is 24.7 Å². The maximum atomic E-state index is 12.9. The number of piperidine rings is 1. The van der Waals surface area contributed by atoms with Gasteiger partial charge >= 0.3 is 0 Å². The van der Waals surface area contributed by atoms with Crippen LogP contribution in [0.5, 0.6) is 0 Å². The first-order valence-electron chi connectivity index (χ1n) is 8.64. The van der Waals surface area contributed by atoms with E-state index in [2.05, 4.69) is 11.8 Å². The molecule has 1 atom stereocenters. The fraction of sp³-hybridized carbons (Fsp3) is 0.474. The molecule has 2 aliphatic rings. The van der Waals surface area contributed by atoms with E-state index in [-0.39, 0.29) is 11.8 Å². The van der Waals surface area contributed by atoms with Gasteiger partial charge in [-0.15, -0.1) is 0 Å². The predicted molar refractivity (Wildman–Crippen MR) is 95.4 cm³/mol. The topological polar surface area (TPSA) is 40.6 Å². The molecule has 1 saturated heterocycles. The number of nitrogens with zero attached hydrogens (tertiary/aromatic N) is 2. The summed E-state index contributed by atoms with van der Waals surface area (Å²) in [5, 5.41) is 0.620. The van der Waals surface area contributed by atoms with E-state index in [1.165, 1.54) is 11.3 Å². The van der Waals surface area contributed by atoms with Gasteiger partial charge in [0.15, 0.2) is 0 Å². The van der Waals surface area contributed by atoms with Crippen molar-refractivity contribution in [2.45, 2.75) is 33.1 Å². The zero-order valence-electron chi connectivity index (χ0n) is 14.2. The lowest BCUT2D eigenvalue weighted by Crippen LogP contribution is -2.39. The quantitative estimate of drug-likeness (QED) is 0.783. The lowest BCUT2D eigenvalue weighted by molar-refractivity contribution is -0.137. The van der Waals surface area contributed by atoms with Gasteiger partial charge in [-0.25, -0.2) is 0 Å². The van der Waals surface area contributed by atoms with E-state index in [4.69, 9.17) is 11.6 Å². The van der Waals surface area contributed by atoms with Crippen molar-refractivity contribution in [1.82, 2.24) is 9.80 Å². The molecule has 3 rings (SSSR count). The first-order chi connectivity index (χ1) is 11.5. The second-order valence-corrected chi connectivity index (χ2v) is 7.12. The van der Waals surface area contributed by atoms with E-state index in [1.807, 2.05) is 19.1 Å². The van der Waals surface area contributed by atoms with Crippen LogP contribution >= 0.6 is 11.6 Å². The van der Waals surface area contributed by atoms with Crippen molar-refractivity contribution in [2.24, 2.45) is 5.92 Å². The van der Waals surface area contributed by atoms with Crippen molar-refractivity contribution in [3.8, 4) is 0 Å². The van der Waals surface area contributed by atoms with Crippen LogP contribution in [-0.4, -0.2) is 41.2 Å². The molecule has 0 bridgehead atoms. The van der Waals surface area contributed by atoms with Gasteiger partial charge < -0.3 is 4.90 Å². The van der Waals surface area contributed by atoms with Crippen molar-refractivity contribution in [1.29, 1.82) is 0 Å². The molecule has 1 unspecified atom stereocenters. The number of halogens is 1. The molecule has 0 saturated carbocycles. The molecular formula is C19H23ClN2O2. The largest absolute Gasteiger partial charge is 0.366 e. The Balaban J connectivity index is 2.06. The molecule has 4 nitrogen and oxygen atoms in total. The second-order valence-electron chi connectivity index (χ2n) is 6.69. The predicted octanol–water partition coefficient (Wildman–Crippen LogP) is 3.56. The lowest BCUT2D eigenvalue weighted by atomic mass is 9.98. The molecule has 2 amide bonds. The molecule has 0 aromatic heterocycles. The van der Waals surface area contributed by atoms with Crippen molar-refractivity contribution in [3.05, 3.63) is 40.5 Å². The summed E-state index contributed by atoms with van der Waals surface area (Å²) in [5.41, 5.74) is 1.87. The van der Waals surface area contributed by atoms with Crippen LogP contribution in [0.1, 0.15) is 38.7 Å². The number of amides is 2. The van der Waals surface area contributed by atoms with Crippen LogP contribution in [0.4, 0.5) is 0 Å². The van der Waals surface area contributed by atoms with Crippen LogP contribution in [0.25, 0.3) is 5.57 Å². The zero-order chi connectivity index (χ0) is 17.3. The Bertz CT molecular complexity index is 681. The number of imide groups is 1. The Labute approximate surface area is 148 Å². The maximum Gasteiger partial charge on any atom is 0.277 e. The summed E-state index contributed by atoms with van der Waals surface area (Å²) in [6.07, 6.45) is 2.98. The van der Waals surface area contributed by atoms with E-state index in [9.17, 15) is 9.59 Å². The van der Waals surface area contributed by atoms with Crippen LogP contribution in [0.2, 0.25) is 5.02 Å². The number of rotatable bonds is 4. The standard InChI is InChI=1S/C19H23ClN2O2/c1-3-10-22-18(23)16(14-6-8-15(20)9-7-14)17(19(22)24)21-11-4-5-13(2)12-21/h6-9,13H,3-5,10-12H2,1-2H3. The van der Waals surface area contributed by atoms with E-state index < -0.39 is 0 Å². The van der Waals surface area contributed by atoms with Crippen molar-refractivity contribution >= 4 is 29.0 Å². The average Bonchev–Trinajstić information content (AvgIpc) is 2.81. The van der Waals surface area contributed by atoms with E-state index >= 15 is 0 Å². The Hall–Kier alpha value is -1.81. The highest BCUT2D eigenvalue weighted by molar-refractivity contribution is 6.36. The number of hydrogen-bond donors (Lipinski definition) is 0. The van der Waals surface area contributed by atoms with Crippen LogP contribution < -0.4 is 0 Å². The molecule has 24 heavy (non-hydrogen) atoms. The number of hydrogen-bond acceptors (Lipinski definition) is 3. The average molecular weight is 347 g/mol. The molecule has 0 radical (unpaired) electrons. The third kappa shape index (κ3) is 3.07. The van der Waals surface area contributed by atoms with Gasteiger partial charge in [-0.3, -0.25) is 14.5 Å². The fourth-order valence-electron chi connectivity index (χ4n) is 3.55. The molecule has 2 heterocycles. The lowest BCUT2D eigenvalue weighted by Gasteiger charge is -2.33. The molecule has 5 heteroatoms.